The van der Waals surface area contributed by atoms with Gasteiger partial charge in [0.2, 0.25) is 5.91 Å². The van der Waals surface area contributed by atoms with Gasteiger partial charge in [0.05, 0.1) is 18.3 Å². The Bertz CT molecular complexity index is 557. The number of morpholine rings is 1. The van der Waals surface area contributed by atoms with E-state index in [0.717, 1.165) is 19.6 Å². The first-order valence-electron chi connectivity index (χ1n) is 8.49. The van der Waals surface area contributed by atoms with Gasteiger partial charge in [0.1, 0.15) is 6.61 Å². The van der Waals surface area contributed by atoms with Crippen LogP contribution in [0.4, 0.5) is 0 Å². The van der Waals surface area contributed by atoms with E-state index in [-0.39, 0.29) is 24.2 Å². The number of hydrogen-bond acceptors (Lipinski definition) is 4. The SMILES string of the molecule is Cc1cccc(CN2CC(COCC(=O)N(C)C)OC(C)(C)C2)c1. The molecule has 1 aliphatic heterocycles. The predicted molar refractivity (Wildman–Crippen MR) is 94.9 cm³/mol. The maximum atomic E-state index is 11.6. The molecule has 1 atom stereocenters. The first-order valence-corrected chi connectivity index (χ1v) is 8.49. The van der Waals surface area contributed by atoms with Crippen LogP contribution in [0.15, 0.2) is 24.3 Å². The van der Waals surface area contributed by atoms with Gasteiger partial charge >= 0.3 is 0 Å². The van der Waals surface area contributed by atoms with Crippen LogP contribution in [0.1, 0.15) is 25.0 Å². The van der Waals surface area contributed by atoms with Crippen molar-refractivity contribution < 1.29 is 14.3 Å². The molecule has 0 spiro atoms. The maximum Gasteiger partial charge on any atom is 0.248 e. The van der Waals surface area contributed by atoms with Crippen molar-refractivity contribution in [2.24, 2.45) is 0 Å². The number of nitrogens with zero attached hydrogens (tertiary/aromatic N) is 2. The Hall–Kier alpha value is -1.43. The van der Waals surface area contributed by atoms with Crippen LogP contribution in [0.25, 0.3) is 0 Å². The van der Waals surface area contributed by atoms with Gasteiger partial charge in [0.25, 0.3) is 0 Å². The van der Waals surface area contributed by atoms with Gasteiger partial charge in [-0.3, -0.25) is 9.69 Å². The van der Waals surface area contributed by atoms with E-state index in [4.69, 9.17) is 9.47 Å². The number of carbonyl (C=O) groups is 1. The number of rotatable bonds is 6. The second kappa shape index (κ2) is 8.10. The van der Waals surface area contributed by atoms with E-state index >= 15 is 0 Å². The zero-order valence-electron chi connectivity index (χ0n) is 15.5. The van der Waals surface area contributed by atoms with Crippen LogP contribution < -0.4 is 0 Å². The second-order valence-corrected chi connectivity index (χ2v) is 7.46. The highest BCUT2D eigenvalue weighted by Crippen LogP contribution is 2.23. The lowest BCUT2D eigenvalue weighted by Gasteiger charge is -2.42. The lowest BCUT2D eigenvalue weighted by molar-refractivity contribution is -0.161. The average Bonchev–Trinajstić information content (AvgIpc) is 2.45. The molecule has 0 radical (unpaired) electrons. The summed E-state index contributed by atoms with van der Waals surface area (Å²) in [5.41, 5.74) is 2.37. The Morgan fingerprint density at radius 3 is 2.83 bits per heavy atom. The van der Waals surface area contributed by atoms with Crippen molar-refractivity contribution in [2.75, 3.05) is 40.4 Å². The van der Waals surface area contributed by atoms with Crippen LogP contribution in [-0.4, -0.2) is 67.8 Å². The number of carbonyl (C=O) groups excluding carboxylic acids is 1. The van der Waals surface area contributed by atoms with E-state index < -0.39 is 0 Å². The van der Waals surface area contributed by atoms with Crippen molar-refractivity contribution in [1.82, 2.24) is 9.80 Å². The van der Waals surface area contributed by atoms with Crippen molar-refractivity contribution in [2.45, 2.75) is 39.0 Å². The van der Waals surface area contributed by atoms with Crippen LogP contribution in [0.2, 0.25) is 0 Å². The smallest absolute Gasteiger partial charge is 0.248 e. The number of benzene rings is 1. The highest BCUT2D eigenvalue weighted by molar-refractivity contribution is 5.76. The third kappa shape index (κ3) is 5.89. The number of likely N-dealkylation sites (N-methyl/N-ethyl adjacent to an activating group) is 1. The molecule has 134 valence electrons. The van der Waals surface area contributed by atoms with E-state index in [9.17, 15) is 4.79 Å². The molecule has 1 aliphatic rings. The molecule has 1 unspecified atom stereocenters. The van der Waals surface area contributed by atoms with E-state index in [1.54, 1.807) is 14.1 Å². The molecule has 0 aromatic heterocycles. The molecule has 5 nitrogen and oxygen atoms in total. The largest absolute Gasteiger partial charge is 0.369 e. The van der Waals surface area contributed by atoms with Crippen molar-refractivity contribution in [3.05, 3.63) is 35.4 Å². The predicted octanol–water partition coefficient (Wildman–Crippen LogP) is 2.08. The second-order valence-electron chi connectivity index (χ2n) is 7.46. The Morgan fingerprint density at radius 1 is 1.42 bits per heavy atom. The van der Waals surface area contributed by atoms with E-state index in [1.165, 1.54) is 16.0 Å². The summed E-state index contributed by atoms with van der Waals surface area (Å²) in [5, 5.41) is 0. The molecule has 2 rings (SSSR count). The van der Waals surface area contributed by atoms with Gasteiger partial charge in [0, 0.05) is 33.7 Å². The average molecular weight is 334 g/mol. The fourth-order valence-electron chi connectivity index (χ4n) is 3.10. The van der Waals surface area contributed by atoms with Gasteiger partial charge in [-0.25, -0.2) is 0 Å². The molecule has 0 aliphatic carbocycles. The van der Waals surface area contributed by atoms with Crippen LogP contribution in [0.3, 0.4) is 0 Å². The molecule has 1 saturated heterocycles. The first kappa shape index (κ1) is 18.9. The van der Waals surface area contributed by atoms with E-state index in [0.29, 0.717) is 6.61 Å². The lowest BCUT2D eigenvalue weighted by Crippen LogP contribution is -2.53. The highest BCUT2D eigenvalue weighted by Gasteiger charge is 2.33. The molecule has 1 amide bonds. The molecule has 0 saturated carbocycles. The summed E-state index contributed by atoms with van der Waals surface area (Å²) in [6.07, 6.45) is -0.0199. The minimum Gasteiger partial charge on any atom is -0.369 e. The molecule has 1 aromatic carbocycles. The zero-order chi connectivity index (χ0) is 17.7. The van der Waals surface area contributed by atoms with Gasteiger partial charge in [0.15, 0.2) is 0 Å². The van der Waals surface area contributed by atoms with Gasteiger partial charge in [-0.1, -0.05) is 29.8 Å². The fraction of sp³-hybridized carbons (Fsp3) is 0.632. The summed E-state index contributed by atoms with van der Waals surface area (Å²) >= 11 is 0. The standard InChI is InChI=1S/C19H30N2O3/c1-15-7-6-8-16(9-15)10-21-11-17(24-19(2,3)14-21)12-23-13-18(22)20(4)5/h6-9,17H,10-14H2,1-5H3. The minimum atomic E-state index is -0.221. The summed E-state index contributed by atoms with van der Waals surface area (Å²) in [6.45, 7) is 9.47. The molecular weight excluding hydrogens is 304 g/mol. The van der Waals surface area contributed by atoms with Crippen LogP contribution in [0.5, 0.6) is 0 Å². The maximum absolute atomic E-state index is 11.6. The summed E-state index contributed by atoms with van der Waals surface area (Å²) in [5.74, 6) is -0.0262. The Balaban J connectivity index is 1.90. The number of aryl methyl sites for hydroxylation is 1. The normalized spacial score (nSPS) is 20.8. The van der Waals surface area contributed by atoms with Crippen molar-refractivity contribution >= 4 is 5.91 Å². The Labute approximate surface area is 145 Å². The van der Waals surface area contributed by atoms with Crippen molar-refractivity contribution in [3.8, 4) is 0 Å². The molecule has 1 aromatic rings. The third-order valence-corrected chi connectivity index (χ3v) is 4.07. The quantitative estimate of drug-likeness (QED) is 0.799. The highest BCUT2D eigenvalue weighted by atomic mass is 16.5. The van der Waals surface area contributed by atoms with Crippen LogP contribution in [0, 0.1) is 6.92 Å². The third-order valence-electron chi connectivity index (χ3n) is 4.07. The monoisotopic (exact) mass is 334 g/mol. The number of ether oxygens (including phenoxy) is 2. The molecule has 0 N–H and O–H groups in total. The fourth-order valence-corrected chi connectivity index (χ4v) is 3.10. The summed E-state index contributed by atoms with van der Waals surface area (Å²) in [4.78, 5) is 15.5. The first-order chi connectivity index (χ1) is 11.2. The number of amides is 1. The van der Waals surface area contributed by atoms with Crippen LogP contribution in [-0.2, 0) is 20.8 Å². The molecule has 5 heteroatoms. The van der Waals surface area contributed by atoms with Crippen LogP contribution >= 0.6 is 0 Å². The van der Waals surface area contributed by atoms with Gasteiger partial charge in [-0.05, 0) is 26.3 Å². The van der Waals surface area contributed by atoms with Crippen molar-refractivity contribution in [3.63, 3.8) is 0 Å². The zero-order valence-corrected chi connectivity index (χ0v) is 15.5. The Kier molecular flexibility index (Phi) is 6.38. The van der Waals surface area contributed by atoms with Gasteiger partial charge in [-0.2, -0.15) is 0 Å². The Morgan fingerprint density at radius 2 is 2.17 bits per heavy atom. The van der Waals surface area contributed by atoms with E-state index in [1.807, 2.05) is 0 Å². The molecule has 0 bridgehead atoms. The molecule has 1 heterocycles. The minimum absolute atomic E-state index is 0.0199. The molecule has 24 heavy (non-hydrogen) atoms. The molecular formula is C19H30N2O3. The van der Waals surface area contributed by atoms with Gasteiger partial charge in [-0.15, -0.1) is 0 Å². The van der Waals surface area contributed by atoms with Crippen molar-refractivity contribution in [1.29, 1.82) is 0 Å². The van der Waals surface area contributed by atoms with E-state index in [2.05, 4.69) is 49.9 Å². The summed E-state index contributed by atoms with van der Waals surface area (Å²) < 4.78 is 11.7. The van der Waals surface area contributed by atoms with Gasteiger partial charge < -0.3 is 14.4 Å². The number of hydrogen-bond donors (Lipinski definition) is 0. The lowest BCUT2D eigenvalue weighted by atomic mass is 10.0. The summed E-state index contributed by atoms with van der Waals surface area (Å²) in [7, 11) is 3.46. The molecule has 1 fully saturated rings. The topological polar surface area (TPSA) is 42.0 Å². The summed E-state index contributed by atoms with van der Waals surface area (Å²) in [6, 6.07) is 8.61.